The van der Waals surface area contributed by atoms with Crippen LogP contribution in [0.15, 0.2) is 30.5 Å². The monoisotopic (exact) mass is 318 g/mol. The van der Waals surface area contributed by atoms with Crippen LogP contribution in [-0.2, 0) is 16.1 Å². The van der Waals surface area contributed by atoms with Gasteiger partial charge in [0, 0.05) is 6.20 Å². The zero-order chi connectivity index (χ0) is 16.4. The molecule has 8 heteroatoms. The van der Waals surface area contributed by atoms with Gasteiger partial charge in [0.1, 0.15) is 18.5 Å². The summed E-state index contributed by atoms with van der Waals surface area (Å²) in [5.41, 5.74) is 0.934. The number of aromatic nitrogens is 2. The average molecular weight is 318 g/mol. The minimum absolute atomic E-state index is 0.0276. The molecule has 2 heterocycles. The second kappa shape index (κ2) is 6.07. The van der Waals surface area contributed by atoms with Crippen molar-refractivity contribution < 1.29 is 18.7 Å². The Morgan fingerprint density at radius 1 is 1.39 bits per heavy atom. The van der Waals surface area contributed by atoms with Gasteiger partial charge < -0.3 is 15.4 Å². The van der Waals surface area contributed by atoms with Crippen molar-refractivity contribution in [3.63, 3.8) is 0 Å². The normalized spacial score (nSPS) is 16.3. The van der Waals surface area contributed by atoms with Crippen LogP contribution >= 0.6 is 0 Å². The summed E-state index contributed by atoms with van der Waals surface area (Å²) in [5.74, 6) is -1.54. The molecule has 2 N–H and O–H groups in total. The van der Waals surface area contributed by atoms with Crippen molar-refractivity contribution in [3.8, 4) is 0 Å². The third-order valence-corrected chi connectivity index (χ3v) is 3.45. The second-order valence-electron chi connectivity index (χ2n) is 4.93. The number of rotatable bonds is 4. The first kappa shape index (κ1) is 15.0. The summed E-state index contributed by atoms with van der Waals surface area (Å²) in [5, 5.41) is 9.75. The molecular formula is C15H15FN4O3. The van der Waals surface area contributed by atoms with Crippen molar-refractivity contribution in [2.75, 3.05) is 11.9 Å². The molecule has 3 rings (SSSR count). The van der Waals surface area contributed by atoms with E-state index in [2.05, 4.69) is 15.7 Å². The van der Waals surface area contributed by atoms with E-state index in [0.29, 0.717) is 11.4 Å². The Morgan fingerprint density at radius 3 is 3.00 bits per heavy atom. The number of esters is 1. The van der Waals surface area contributed by atoms with Gasteiger partial charge in [-0.1, -0.05) is 6.07 Å². The highest BCUT2D eigenvalue weighted by atomic mass is 19.1. The van der Waals surface area contributed by atoms with Gasteiger partial charge >= 0.3 is 5.97 Å². The van der Waals surface area contributed by atoms with Crippen molar-refractivity contribution in [1.29, 1.82) is 0 Å². The van der Waals surface area contributed by atoms with Gasteiger partial charge in [0.15, 0.2) is 0 Å². The van der Waals surface area contributed by atoms with Crippen molar-refractivity contribution in [1.82, 2.24) is 15.1 Å². The zero-order valence-electron chi connectivity index (χ0n) is 12.4. The fourth-order valence-electron chi connectivity index (χ4n) is 2.47. The van der Waals surface area contributed by atoms with Crippen LogP contribution in [0, 0.1) is 5.82 Å². The van der Waals surface area contributed by atoms with E-state index in [4.69, 9.17) is 4.74 Å². The number of nitrogens with one attached hydrogen (secondary N) is 2. The number of fused-ring (bicyclic) bond motifs is 1. The van der Waals surface area contributed by atoms with Gasteiger partial charge in [0.25, 0.3) is 5.91 Å². The Kier molecular flexibility index (Phi) is 3.96. The molecule has 0 saturated heterocycles. The maximum absolute atomic E-state index is 13.7. The van der Waals surface area contributed by atoms with E-state index in [-0.39, 0.29) is 18.7 Å². The molecular weight excluding hydrogens is 303 g/mol. The number of carbonyl (C=O) groups is 2. The van der Waals surface area contributed by atoms with Gasteiger partial charge in [0.05, 0.1) is 23.6 Å². The Bertz CT molecular complexity index is 759. The van der Waals surface area contributed by atoms with Gasteiger partial charge in [-0.2, -0.15) is 5.10 Å². The smallest absolute Gasteiger partial charge is 0.327 e. The number of hydrogen-bond acceptors (Lipinski definition) is 5. The molecule has 1 amide bonds. The average Bonchev–Trinajstić information content (AvgIpc) is 2.95. The maximum Gasteiger partial charge on any atom is 0.327 e. The summed E-state index contributed by atoms with van der Waals surface area (Å²) in [4.78, 5) is 23.7. The highest BCUT2D eigenvalue weighted by molar-refractivity contribution is 6.01. The molecule has 1 atom stereocenters. The highest BCUT2D eigenvalue weighted by Crippen LogP contribution is 2.28. The predicted octanol–water partition coefficient (Wildman–Crippen LogP) is 1.44. The minimum atomic E-state index is -0.617. The lowest BCUT2D eigenvalue weighted by Crippen LogP contribution is -2.40. The lowest BCUT2D eigenvalue weighted by atomic mass is 10.1. The minimum Gasteiger partial charge on any atom is -0.465 e. The highest BCUT2D eigenvalue weighted by Gasteiger charge is 2.29. The number of anilines is 1. The van der Waals surface area contributed by atoms with Crippen LogP contribution in [0.5, 0.6) is 0 Å². The van der Waals surface area contributed by atoms with Crippen LogP contribution in [-0.4, -0.2) is 28.3 Å². The van der Waals surface area contributed by atoms with E-state index in [0.717, 1.165) is 0 Å². The lowest BCUT2D eigenvalue weighted by molar-refractivity contribution is -0.144. The predicted molar refractivity (Wildman–Crippen MR) is 79.1 cm³/mol. The topological polar surface area (TPSA) is 85.2 Å². The summed E-state index contributed by atoms with van der Waals surface area (Å²) in [6.07, 6.45) is 0.900. The van der Waals surface area contributed by atoms with E-state index in [1.165, 1.54) is 23.0 Å². The molecule has 1 aliphatic heterocycles. The Labute approximate surface area is 131 Å². The third-order valence-electron chi connectivity index (χ3n) is 3.45. The Balaban J connectivity index is 1.86. The van der Waals surface area contributed by atoms with Crippen LogP contribution in [0.25, 0.3) is 0 Å². The van der Waals surface area contributed by atoms with E-state index in [9.17, 15) is 14.0 Å². The molecule has 0 bridgehead atoms. The van der Waals surface area contributed by atoms with Gasteiger partial charge in [-0.15, -0.1) is 0 Å². The second-order valence-corrected chi connectivity index (χ2v) is 4.93. The molecule has 0 radical (unpaired) electrons. The number of ether oxygens (including phenoxy) is 1. The van der Waals surface area contributed by atoms with Crippen molar-refractivity contribution in [2.24, 2.45) is 0 Å². The van der Waals surface area contributed by atoms with Gasteiger partial charge in [-0.25, -0.2) is 4.39 Å². The molecule has 0 fully saturated rings. The van der Waals surface area contributed by atoms with Crippen LogP contribution < -0.4 is 10.6 Å². The first-order chi connectivity index (χ1) is 11.1. The molecule has 0 aliphatic carbocycles. The van der Waals surface area contributed by atoms with Gasteiger partial charge in [-0.3, -0.25) is 14.3 Å². The van der Waals surface area contributed by atoms with E-state index in [1.807, 2.05) is 0 Å². The standard InChI is InChI=1S/C15H15FN4O3/c1-2-23-12(21)8-20-11(6-7-17-20)14-18-10-5-3-4-9(16)13(10)15(22)19-14/h3-7,14,18H,2,8H2,1H3,(H,19,22). The van der Waals surface area contributed by atoms with Crippen molar-refractivity contribution >= 4 is 17.6 Å². The van der Waals surface area contributed by atoms with E-state index < -0.39 is 23.9 Å². The summed E-state index contributed by atoms with van der Waals surface area (Å²) in [6, 6.07) is 6.04. The summed E-state index contributed by atoms with van der Waals surface area (Å²) >= 11 is 0. The van der Waals surface area contributed by atoms with Crippen LogP contribution in [0.1, 0.15) is 29.1 Å². The fraction of sp³-hybridized carbons (Fsp3) is 0.267. The van der Waals surface area contributed by atoms with Gasteiger partial charge in [-0.05, 0) is 25.1 Å². The first-order valence-electron chi connectivity index (χ1n) is 7.13. The van der Waals surface area contributed by atoms with Crippen LogP contribution in [0.2, 0.25) is 0 Å². The molecule has 1 unspecified atom stereocenters. The number of benzene rings is 1. The van der Waals surface area contributed by atoms with Gasteiger partial charge in [0.2, 0.25) is 0 Å². The number of carbonyl (C=O) groups excluding carboxylic acids is 2. The summed E-state index contributed by atoms with van der Waals surface area (Å²) in [6.45, 7) is 1.93. The number of nitrogens with zero attached hydrogens (tertiary/aromatic N) is 2. The number of amides is 1. The molecule has 1 aromatic carbocycles. The molecule has 1 aliphatic rings. The van der Waals surface area contributed by atoms with Crippen LogP contribution in [0.3, 0.4) is 0 Å². The molecule has 0 spiro atoms. The molecule has 23 heavy (non-hydrogen) atoms. The quantitative estimate of drug-likeness (QED) is 0.833. The van der Waals surface area contributed by atoms with Crippen molar-refractivity contribution in [3.05, 3.63) is 47.5 Å². The van der Waals surface area contributed by atoms with Crippen molar-refractivity contribution in [2.45, 2.75) is 19.6 Å². The van der Waals surface area contributed by atoms with E-state index in [1.54, 1.807) is 19.1 Å². The zero-order valence-corrected chi connectivity index (χ0v) is 12.4. The number of halogens is 1. The maximum atomic E-state index is 13.7. The number of hydrogen-bond donors (Lipinski definition) is 2. The Morgan fingerprint density at radius 2 is 2.22 bits per heavy atom. The lowest BCUT2D eigenvalue weighted by Gasteiger charge is -2.28. The molecule has 1 aromatic heterocycles. The van der Waals surface area contributed by atoms with E-state index >= 15 is 0 Å². The molecule has 2 aromatic rings. The first-order valence-corrected chi connectivity index (χ1v) is 7.13. The largest absolute Gasteiger partial charge is 0.465 e. The molecule has 0 saturated carbocycles. The molecule has 120 valence electrons. The third kappa shape index (κ3) is 2.87. The Hall–Kier alpha value is -2.90. The molecule has 7 nitrogen and oxygen atoms in total. The summed E-state index contributed by atoms with van der Waals surface area (Å²) in [7, 11) is 0. The fourth-order valence-corrected chi connectivity index (χ4v) is 2.47. The van der Waals surface area contributed by atoms with Crippen LogP contribution in [0.4, 0.5) is 10.1 Å². The SMILES string of the molecule is CCOC(=O)Cn1nccc1C1NC(=O)c2c(F)cccc2N1. The summed E-state index contributed by atoms with van der Waals surface area (Å²) < 4.78 is 20.1.